The first-order valence-electron chi connectivity index (χ1n) is 7.05. The van der Waals surface area contributed by atoms with Crippen LogP contribution in [0.3, 0.4) is 0 Å². The van der Waals surface area contributed by atoms with E-state index in [1.54, 1.807) is 12.1 Å². The zero-order valence-electron chi connectivity index (χ0n) is 12.9. The van der Waals surface area contributed by atoms with Gasteiger partial charge in [-0.3, -0.25) is 0 Å². The second kappa shape index (κ2) is 5.68. The van der Waals surface area contributed by atoms with Crippen LogP contribution >= 0.6 is 0 Å². The van der Waals surface area contributed by atoms with Crippen LogP contribution in [0.15, 0.2) is 36.5 Å². The van der Waals surface area contributed by atoms with Crippen molar-refractivity contribution in [3.8, 4) is 11.3 Å². The van der Waals surface area contributed by atoms with Crippen molar-refractivity contribution in [3.05, 3.63) is 47.9 Å². The van der Waals surface area contributed by atoms with E-state index in [2.05, 4.69) is 42.2 Å². The molecule has 1 aromatic carbocycles. The number of hydrogen-bond donors (Lipinski definition) is 0. The van der Waals surface area contributed by atoms with Crippen LogP contribution in [-0.4, -0.2) is 18.3 Å². The van der Waals surface area contributed by atoms with Gasteiger partial charge in [0.1, 0.15) is 0 Å². The topological polar surface area (TPSA) is 12.9 Å². The normalized spacial score (nSPS) is 11.9. The third kappa shape index (κ3) is 3.29. The van der Waals surface area contributed by atoms with Gasteiger partial charge in [-0.1, -0.05) is 0 Å². The molecule has 20 heavy (non-hydrogen) atoms. The fraction of sp³-hybridized carbons (Fsp3) is 0.353. The standard InChI is InChI=1S/C17H22FGeN/c1-12(2)15-10-17(13-6-8-14(18)9-7-13)20-11-16(15)19(3,4)5/h6-12H,1-5H3. The molecular weight excluding hydrogens is 310 g/mol. The first-order valence-corrected chi connectivity index (χ1v) is 14.4. The van der Waals surface area contributed by atoms with Gasteiger partial charge in [0.25, 0.3) is 0 Å². The van der Waals surface area contributed by atoms with Crippen LogP contribution < -0.4 is 4.40 Å². The first-order chi connectivity index (χ1) is 9.29. The summed E-state index contributed by atoms with van der Waals surface area (Å²) in [5.74, 6) is 7.44. The molecule has 0 atom stereocenters. The number of pyridine rings is 1. The second-order valence-electron chi connectivity index (χ2n) is 6.57. The maximum absolute atomic E-state index is 13.0. The number of aromatic nitrogens is 1. The Bertz CT molecular complexity index is 597. The van der Waals surface area contributed by atoms with Gasteiger partial charge in [0.15, 0.2) is 0 Å². The molecule has 1 aromatic heterocycles. The number of benzene rings is 1. The molecule has 0 spiro atoms. The van der Waals surface area contributed by atoms with Gasteiger partial charge >= 0.3 is 123 Å². The molecule has 1 nitrogen and oxygen atoms in total. The van der Waals surface area contributed by atoms with Crippen LogP contribution in [0, 0.1) is 5.82 Å². The molecule has 0 fully saturated rings. The van der Waals surface area contributed by atoms with Gasteiger partial charge in [0, 0.05) is 0 Å². The van der Waals surface area contributed by atoms with Crippen LogP contribution in [0.4, 0.5) is 4.39 Å². The molecule has 0 saturated heterocycles. The molecular formula is C17H22FGeN. The third-order valence-electron chi connectivity index (χ3n) is 3.51. The van der Waals surface area contributed by atoms with Gasteiger partial charge in [-0.25, -0.2) is 0 Å². The van der Waals surface area contributed by atoms with Crippen LogP contribution in [0.1, 0.15) is 25.3 Å². The predicted octanol–water partition coefficient (Wildman–Crippen LogP) is 4.56. The minimum atomic E-state index is -1.91. The van der Waals surface area contributed by atoms with Crippen LogP contribution in [0.2, 0.25) is 17.3 Å². The molecule has 0 aliphatic carbocycles. The quantitative estimate of drug-likeness (QED) is 0.751. The van der Waals surface area contributed by atoms with Crippen molar-refractivity contribution in [3.63, 3.8) is 0 Å². The number of hydrogen-bond acceptors (Lipinski definition) is 1. The summed E-state index contributed by atoms with van der Waals surface area (Å²) in [6, 6.07) is 8.74. The fourth-order valence-electron chi connectivity index (χ4n) is 2.35. The summed E-state index contributed by atoms with van der Waals surface area (Å²) in [4.78, 5) is 4.61. The third-order valence-corrected chi connectivity index (χ3v) is 7.77. The fourth-order valence-corrected chi connectivity index (χ4v) is 5.88. The molecule has 0 bridgehead atoms. The van der Waals surface area contributed by atoms with E-state index < -0.39 is 13.3 Å². The summed E-state index contributed by atoms with van der Waals surface area (Å²) in [7, 11) is 0. The molecule has 0 radical (unpaired) electrons. The summed E-state index contributed by atoms with van der Waals surface area (Å²) >= 11 is -1.91. The van der Waals surface area contributed by atoms with E-state index >= 15 is 0 Å². The molecule has 0 unspecified atom stereocenters. The van der Waals surface area contributed by atoms with E-state index in [9.17, 15) is 4.39 Å². The zero-order chi connectivity index (χ0) is 14.9. The van der Waals surface area contributed by atoms with Gasteiger partial charge in [-0.05, 0) is 0 Å². The average molecular weight is 332 g/mol. The molecule has 1 heterocycles. The van der Waals surface area contributed by atoms with Crippen molar-refractivity contribution in [2.45, 2.75) is 37.0 Å². The van der Waals surface area contributed by atoms with Crippen LogP contribution in [-0.2, 0) is 0 Å². The van der Waals surface area contributed by atoms with Crippen molar-refractivity contribution < 1.29 is 4.39 Å². The van der Waals surface area contributed by atoms with Crippen molar-refractivity contribution in [2.75, 3.05) is 0 Å². The molecule has 0 saturated carbocycles. The van der Waals surface area contributed by atoms with E-state index in [0.717, 1.165) is 11.3 Å². The summed E-state index contributed by atoms with van der Waals surface area (Å²) in [6.45, 7) is 4.45. The Hall–Kier alpha value is -1.16. The van der Waals surface area contributed by atoms with E-state index in [4.69, 9.17) is 0 Å². The number of rotatable bonds is 3. The monoisotopic (exact) mass is 333 g/mol. The summed E-state index contributed by atoms with van der Waals surface area (Å²) in [5.41, 5.74) is 3.30. The molecule has 0 aliphatic rings. The minimum absolute atomic E-state index is 0.209. The van der Waals surface area contributed by atoms with Gasteiger partial charge in [-0.2, -0.15) is 0 Å². The number of halogens is 1. The molecule has 0 N–H and O–H groups in total. The summed E-state index contributed by atoms with van der Waals surface area (Å²) in [5, 5.41) is 0. The molecule has 3 heteroatoms. The van der Waals surface area contributed by atoms with Gasteiger partial charge in [-0.15, -0.1) is 0 Å². The Balaban J connectivity index is 2.53. The Labute approximate surface area is 123 Å². The van der Waals surface area contributed by atoms with Crippen molar-refractivity contribution in [1.29, 1.82) is 0 Å². The molecule has 2 aromatic rings. The van der Waals surface area contributed by atoms with Crippen LogP contribution in [0.25, 0.3) is 11.3 Å². The van der Waals surface area contributed by atoms with E-state index in [1.165, 1.54) is 22.1 Å². The van der Waals surface area contributed by atoms with Crippen molar-refractivity contribution >= 4 is 17.7 Å². The van der Waals surface area contributed by atoms with E-state index in [-0.39, 0.29) is 5.82 Å². The second-order valence-corrected chi connectivity index (χ2v) is 17.1. The predicted molar refractivity (Wildman–Crippen MR) is 86.7 cm³/mol. The first kappa shape index (κ1) is 15.2. The van der Waals surface area contributed by atoms with Crippen molar-refractivity contribution in [1.82, 2.24) is 4.98 Å². The Morgan fingerprint density at radius 1 is 1.05 bits per heavy atom. The van der Waals surface area contributed by atoms with Crippen molar-refractivity contribution in [2.24, 2.45) is 0 Å². The van der Waals surface area contributed by atoms with Gasteiger partial charge < -0.3 is 0 Å². The maximum atomic E-state index is 13.0. The SMILES string of the molecule is CC(C)c1cc(-c2ccc(F)cc2)nc[c]1[Ge]([CH3])([CH3])[CH3]. The zero-order valence-corrected chi connectivity index (χ0v) is 15.0. The van der Waals surface area contributed by atoms with E-state index in [0.29, 0.717) is 5.92 Å². The Kier molecular flexibility index (Phi) is 4.33. The molecule has 106 valence electrons. The summed E-state index contributed by atoms with van der Waals surface area (Å²) < 4.78 is 14.5. The molecule has 2 rings (SSSR count). The number of nitrogens with zero attached hydrogens (tertiary/aromatic N) is 1. The molecule has 0 amide bonds. The summed E-state index contributed by atoms with van der Waals surface area (Å²) in [6.07, 6.45) is 2.05. The Morgan fingerprint density at radius 2 is 1.65 bits per heavy atom. The average Bonchev–Trinajstić information content (AvgIpc) is 2.37. The van der Waals surface area contributed by atoms with Gasteiger partial charge in [0.05, 0.1) is 0 Å². The molecule has 0 aliphatic heterocycles. The van der Waals surface area contributed by atoms with Crippen LogP contribution in [0.5, 0.6) is 0 Å². The van der Waals surface area contributed by atoms with Gasteiger partial charge in [0.2, 0.25) is 0 Å². The van der Waals surface area contributed by atoms with E-state index in [1.807, 2.05) is 6.20 Å². The Morgan fingerprint density at radius 3 is 2.15 bits per heavy atom.